The van der Waals surface area contributed by atoms with Crippen molar-refractivity contribution in [2.75, 3.05) is 11.9 Å². The molecule has 0 bridgehead atoms. The van der Waals surface area contributed by atoms with Gasteiger partial charge >= 0.3 is 0 Å². The number of nitrogens with one attached hydrogen (secondary N) is 1. The van der Waals surface area contributed by atoms with Crippen LogP contribution in [-0.2, 0) is 0 Å². The molecule has 1 aromatic carbocycles. The van der Waals surface area contributed by atoms with Gasteiger partial charge in [-0.15, -0.1) is 11.3 Å². The molecule has 0 aliphatic heterocycles. The second-order valence-corrected chi connectivity index (χ2v) is 5.57. The molecule has 20 heavy (non-hydrogen) atoms. The highest BCUT2D eigenvalue weighted by atomic mass is 32.1. The normalized spacial score (nSPS) is 10.9. The Morgan fingerprint density at radius 3 is 2.85 bits per heavy atom. The maximum absolute atomic E-state index is 13.4. The average molecular weight is 288 g/mol. The quantitative estimate of drug-likeness (QED) is 0.799. The lowest BCUT2D eigenvalue weighted by Crippen LogP contribution is -2.02. The van der Waals surface area contributed by atoms with E-state index in [1.54, 1.807) is 23.6 Å². The predicted molar refractivity (Wildman–Crippen MR) is 79.5 cm³/mol. The SMILES string of the molecule is CCNc1nc(-c2cnc(C)s2)nc2ccc(F)cc12. The molecular formula is C14H13FN4S. The van der Waals surface area contributed by atoms with E-state index in [1.165, 1.54) is 12.1 Å². The minimum absolute atomic E-state index is 0.290. The number of hydrogen-bond acceptors (Lipinski definition) is 5. The van der Waals surface area contributed by atoms with Gasteiger partial charge in [0.1, 0.15) is 11.6 Å². The first-order valence-electron chi connectivity index (χ1n) is 6.31. The predicted octanol–water partition coefficient (Wildman–Crippen LogP) is 3.63. The topological polar surface area (TPSA) is 50.7 Å². The zero-order valence-electron chi connectivity index (χ0n) is 11.1. The van der Waals surface area contributed by atoms with Crippen LogP contribution >= 0.6 is 11.3 Å². The van der Waals surface area contributed by atoms with E-state index >= 15 is 0 Å². The van der Waals surface area contributed by atoms with Crippen LogP contribution in [0.5, 0.6) is 0 Å². The number of hydrogen-bond donors (Lipinski definition) is 1. The molecule has 0 saturated heterocycles. The number of thiazole rings is 1. The summed E-state index contributed by atoms with van der Waals surface area (Å²) in [6.45, 7) is 4.63. The summed E-state index contributed by atoms with van der Waals surface area (Å²) in [5.41, 5.74) is 0.721. The van der Waals surface area contributed by atoms with Crippen LogP contribution in [0.4, 0.5) is 10.2 Å². The third-order valence-electron chi connectivity index (χ3n) is 2.84. The lowest BCUT2D eigenvalue weighted by Gasteiger charge is -2.08. The Morgan fingerprint density at radius 1 is 1.30 bits per heavy atom. The molecule has 0 unspecified atom stereocenters. The largest absolute Gasteiger partial charge is 0.370 e. The fourth-order valence-electron chi connectivity index (χ4n) is 1.98. The summed E-state index contributed by atoms with van der Waals surface area (Å²) in [7, 11) is 0. The molecular weight excluding hydrogens is 275 g/mol. The van der Waals surface area contributed by atoms with Gasteiger partial charge in [-0.05, 0) is 32.0 Å². The minimum atomic E-state index is -0.290. The third-order valence-corrected chi connectivity index (χ3v) is 3.75. The van der Waals surface area contributed by atoms with E-state index < -0.39 is 0 Å². The fourth-order valence-corrected chi connectivity index (χ4v) is 2.69. The Balaban J connectivity index is 2.22. The summed E-state index contributed by atoms with van der Waals surface area (Å²) in [6, 6.07) is 4.53. The minimum Gasteiger partial charge on any atom is -0.370 e. The van der Waals surface area contributed by atoms with Crippen molar-refractivity contribution >= 4 is 28.1 Å². The lowest BCUT2D eigenvalue weighted by atomic mass is 10.2. The monoisotopic (exact) mass is 288 g/mol. The zero-order chi connectivity index (χ0) is 14.1. The van der Waals surface area contributed by atoms with Crippen LogP contribution in [0.25, 0.3) is 21.6 Å². The molecule has 0 amide bonds. The molecule has 0 saturated carbocycles. The molecule has 0 spiro atoms. The van der Waals surface area contributed by atoms with Gasteiger partial charge in [0, 0.05) is 18.1 Å². The van der Waals surface area contributed by atoms with Crippen LogP contribution in [-0.4, -0.2) is 21.5 Å². The van der Waals surface area contributed by atoms with Crippen molar-refractivity contribution in [3.8, 4) is 10.7 Å². The van der Waals surface area contributed by atoms with Gasteiger partial charge in [0.2, 0.25) is 0 Å². The first-order chi connectivity index (χ1) is 9.67. The fraction of sp³-hybridized carbons (Fsp3) is 0.214. The Morgan fingerprint density at radius 2 is 2.15 bits per heavy atom. The van der Waals surface area contributed by atoms with Gasteiger partial charge in [-0.25, -0.2) is 19.3 Å². The lowest BCUT2D eigenvalue weighted by molar-refractivity contribution is 0.629. The molecule has 0 aliphatic carbocycles. The molecule has 3 aromatic rings. The molecule has 0 atom stereocenters. The Kier molecular flexibility index (Phi) is 3.31. The van der Waals surface area contributed by atoms with E-state index in [4.69, 9.17) is 0 Å². The van der Waals surface area contributed by atoms with Crippen molar-refractivity contribution in [2.24, 2.45) is 0 Å². The van der Waals surface area contributed by atoms with Crippen molar-refractivity contribution in [2.45, 2.75) is 13.8 Å². The Hall–Kier alpha value is -2.08. The summed E-state index contributed by atoms with van der Waals surface area (Å²) < 4.78 is 13.4. The van der Waals surface area contributed by atoms with E-state index in [0.717, 1.165) is 15.4 Å². The van der Waals surface area contributed by atoms with Crippen LogP contribution in [0, 0.1) is 12.7 Å². The maximum Gasteiger partial charge on any atom is 0.173 e. The number of aromatic nitrogens is 3. The van der Waals surface area contributed by atoms with Crippen LogP contribution in [0.1, 0.15) is 11.9 Å². The van der Waals surface area contributed by atoms with Gasteiger partial charge in [-0.2, -0.15) is 0 Å². The van der Waals surface area contributed by atoms with E-state index in [0.29, 0.717) is 23.6 Å². The molecule has 0 fully saturated rings. The van der Waals surface area contributed by atoms with Crippen LogP contribution < -0.4 is 5.32 Å². The van der Waals surface area contributed by atoms with Crippen molar-refractivity contribution < 1.29 is 4.39 Å². The molecule has 2 heterocycles. The number of fused-ring (bicyclic) bond motifs is 1. The Bertz CT molecular complexity index is 769. The molecule has 4 nitrogen and oxygen atoms in total. The Labute approximate surface area is 119 Å². The molecule has 0 radical (unpaired) electrons. The summed E-state index contributed by atoms with van der Waals surface area (Å²) >= 11 is 1.54. The molecule has 3 rings (SSSR count). The van der Waals surface area contributed by atoms with Gasteiger partial charge < -0.3 is 5.32 Å². The van der Waals surface area contributed by atoms with Crippen LogP contribution in [0.3, 0.4) is 0 Å². The average Bonchev–Trinajstić information content (AvgIpc) is 2.86. The van der Waals surface area contributed by atoms with Crippen LogP contribution in [0.15, 0.2) is 24.4 Å². The van der Waals surface area contributed by atoms with Crippen molar-refractivity contribution in [3.63, 3.8) is 0 Å². The molecule has 0 aliphatic rings. The second-order valence-electron chi connectivity index (χ2n) is 4.33. The number of anilines is 1. The molecule has 1 N–H and O–H groups in total. The number of aryl methyl sites for hydroxylation is 1. The highest BCUT2D eigenvalue weighted by Crippen LogP contribution is 2.28. The number of halogens is 1. The summed E-state index contributed by atoms with van der Waals surface area (Å²) in [4.78, 5) is 14.1. The van der Waals surface area contributed by atoms with E-state index in [9.17, 15) is 4.39 Å². The number of nitrogens with zero attached hydrogens (tertiary/aromatic N) is 3. The zero-order valence-corrected chi connectivity index (χ0v) is 12.0. The van der Waals surface area contributed by atoms with E-state index in [-0.39, 0.29) is 5.82 Å². The molecule has 2 aromatic heterocycles. The van der Waals surface area contributed by atoms with Crippen molar-refractivity contribution in [1.82, 2.24) is 15.0 Å². The highest BCUT2D eigenvalue weighted by molar-refractivity contribution is 7.14. The van der Waals surface area contributed by atoms with Gasteiger partial charge in [0.25, 0.3) is 0 Å². The van der Waals surface area contributed by atoms with E-state index in [2.05, 4.69) is 20.3 Å². The smallest absolute Gasteiger partial charge is 0.173 e. The highest BCUT2D eigenvalue weighted by Gasteiger charge is 2.11. The standard InChI is InChI=1S/C14H13FN4S/c1-3-16-13-10-6-9(15)4-5-11(10)18-14(19-13)12-7-17-8(2)20-12/h4-7H,3H2,1-2H3,(H,16,18,19). The first kappa shape index (κ1) is 12.9. The third kappa shape index (κ3) is 2.34. The van der Waals surface area contributed by atoms with Gasteiger partial charge in [-0.3, -0.25) is 0 Å². The molecule has 6 heteroatoms. The number of benzene rings is 1. The van der Waals surface area contributed by atoms with Crippen molar-refractivity contribution in [1.29, 1.82) is 0 Å². The number of rotatable bonds is 3. The summed E-state index contributed by atoms with van der Waals surface area (Å²) in [5.74, 6) is 0.977. The van der Waals surface area contributed by atoms with Gasteiger partial charge in [0.05, 0.1) is 15.4 Å². The summed E-state index contributed by atoms with van der Waals surface area (Å²) in [6.07, 6.45) is 1.76. The maximum atomic E-state index is 13.4. The summed E-state index contributed by atoms with van der Waals surface area (Å²) in [5, 5.41) is 4.82. The van der Waals surface area contributed by atoms with Crippen molar-refractivity contribution in [3.05, 3.63) is 35.2 Å². The molecule has 102 valence electrons. The first-order valence-corrected chi connectivity index (χ1v) is 7.13. The second kappa shape index (κ2) is 5.13. The van der Waals surface area contributed by atoms with Gasteiger partial charge in [-0.1, -0.05) is 0 Å². The van der Waals surface area contributed by atoms with E-state index in [1.807, 2.05) is 13.8 Å². The van der Waals surface area contributed by atoms with Gasteiger partial charge in [0.15, 0.2) is 5.82 Å². The van der Waals surface area contributed by atoms with Crippen LogP contribution in [0.2, 0.25) is 0 Å².